The lowest BCUT2D eigenvalue weighted by Crippen LogP contribution is -2.47. The van der Waals surface area contributed by atoms with Crippen LogP contribution >= 0.6 is 0 Å². The fraction of sp³-hybridized carbons (Fsp3) is 0.579. The Labute approximate surface area is 147 Å². The average molecular weight is 347 g/mol. The topological polar surface area (TPSA) is 70.2 Å². The van der Waals surface area contributed by atoms with Crippen LogP contribution in [-0.2, 0) is 4.79 Å². The highest BCUT2D eigenvalue weighted by atomic mass is 19.1. The monoisotopic (exact) mass is 347 g/mol. The number of carbonyl (C=O) groups excluding carboxylic acids is 2. The molecule has 25 heavy (non-hydrogen) atoms. The van der Waals surface area contributed by atoms with Gasteiger partial charge in [-0.05, 0) is 68.6 Å². The molecule has 4 atom stereocenters. The number of anilines is 1. The molecule has 2 aliphatic carbocycles. The quantitative estimate of drug-likeness (QED) is 0.765. The molecule has 136 valence electrons. The maximum atomic E-state index is 13.2. The molecule has 1 aromatic rings. The molecule has 0 unspecified atom stereocenters. The van der Waals surface area contributed by atoms with E-state index in [0.717, 1.165) is 17.4 Å². The number of nitrogens with one attached hydrogen (secondary N) is 3. The molecule has 0 aromatic heterocycles. The zero-order valence-corrected chi connectivity index (χ0v) is 14.8. The summed E-state index contributed by atoms with van der Waals surface area (Å²) in [4.78, 5) is 24.0. The zero-order chi connectivity index (χ0) is 18.0. The standard InChI is InChI=1S/C19H26FN3O2/c1-11-3-6-15(20)9-17(11)23-18(24)10-21-19(25)22-12(2)16-8-13-4-5-14(16)7-13/h3,6,9,12-14,16H,4-5,7-8,10H2,1-2H3,(H,23,24)(H2,21,22,25)/t12-,13+,14+,16+/m1/s1. The molecule has 2 bridgehead atoms. The Morgan fingerprint density at radius 2 is 2.08 bits per heavy atom. The Kier molecular flexibility index (Phi) is 5.25. The van der Waals surface area contributed by atoms with Crippen LogP contribution < -0.4 is 16.0 Å². The van der Waals surface area contributed by atoms with Crippen LogP contribution in [0.5, 0.6) is 0 Å². The summed E-state index contributed by atoms with van der Waals surface area (Å²) in [5.74, 6) is 1.33. The minimum atomic E-state index is -0.411. The van der Waals surface area contributed by atoms with Gasteiger partial charge in [-0.2, -0.15) is 0 Å². The molecule has 3 amide bonds. The summed E-state index contributed by atoms with van der Waals surface area (Å²) in [6.45, 7) is 3.68. The van der Waals surface area contributed by atoms with E-state index in [4.69, 9.17) is 0 Å². The van der Waals surface area contributed by atoms with Crippen LogP contribution in [0.15, 0.2) is 18.2 Å². The van der Waals surface area contributed by atoms with E-state index >= 15 is 0 Å². The number of benzene rings is 1. The zero-order valence-electron chi connectivity index (χ0n) is 14.8. The second kappa shape index (κ2) is 7.42. The Bertz CT molecular complexity index is 664. The third-order valence-corrected chi connectivity index (χ3v) is 5.68. The van der Waals surface area contributed by atoms with Crippen molar-refractivity contribution in [2.24, 2.45) is 17.8 Å². The molecule has 6 heteroatoms. The first-order chi connectivity index (χ1) is 11.9. The molecular formula is C19H26FN3O2. The smallest absolute Gasteiger partial charge is 0.315 e. The lowest BCUT2D eigenvalue weighted by molar-refractivity contribution is -0.115. The Morgan fingerprint density at radius 3 is 2.76 bits per heavy atom. The first-order valence-electron chi connectivity index (χ1n) is 9.02. The molecule has 5 nitrogen and oxygen atoms in total. The number of fused-ring (bicyclic) bond motifs is 2. The van der Waals surface area contributed by atoms with Gasteiger partial charge in [-0.15, -0.1) is 0 Å². The van der Waals surface area contributed by atoms with E-state index in [1.54, 1.807) is 13.0 Å². The highest BCUT2D eigenvalue weighted by molar-refractivity contribution is 5.94. The largest absolute Gasteiger partial charge is 0.335 e. The van der Waals surface area contributed by atoms with Crippen LogP contribution in [-0.4, -0.2) is 24.5 Å². The highest BCUT2D eigenvalue weighted by Crippen LogP contribution is 2.49. The third kappa shape index (κ3) is 4.30. The van der Waals surface area contributed by atoms with Crippen LogP contribution in [0.1, 0.15) is 38.2 Å². The van der Waals surface area contributed by atoms with E-state index in [9.17, 15) is 14.0 Å². The maximum absolute atomic E-state index is 13.2. The number of rotatable bonds is 5. The van der Waals surface area contributed by atoms with Crippen molar-refractivity contribution in [3.63, 3.8) is 0 Å². The summed E-state index contributed by atoms with van der Waals surface area (Å²) in [7, 11) is 0. The number of amides is 3. The molecule has 2 fully saturated rings. The molecule has 0 radical (unpaired) electrons. The number of hydrogen-bond donors (Lipinski definition) is 3. The number of halogens is 1. The Morgan fingerprint density at radius 1 is 1.28 bits per heavy atom. The van der Waals surface area contributed by atoms with Gasteiger partial charge in [0, 0.05) is 11.7 Å². The number of hydrogen-bond acceptors (Lipinski definition) is 2. The van der Waals surface area contributed by atoms with Gasteiger partial charge in [-0.1, -0.05) is 12.5 Å². The van der Waals surface area contributed by atoms with Gasteiger partial charge < -0.3 is 16.0 Å². The van der Waals surface area contributed by atoms with Gasteiger partial charge in [0.2, 0.25) is 5.91 Å². The average Bonchev–Trinajstić information content (AvgIpc) is 3.19. The van der Waals surface area contributed by atoms with E-state index in [2.05, 4.69) is 16.0 Å². The maximum Gasteiger partial charge on any atom is 0.315 e. The molecule has 0 spiro atoms. The third-order valence-electron chi connectivity index (χ3n) is 5.68. The summed E-state index contributed by atoms with van der Waals surface area (Å²) in [6.07, 6.45) is 5.11. The molecule has 2 saturated carbocycles. The van der Waals surface area contributed by atoms with Crippen LogP contribution in [0.4, 0.5) is 14.9 Å². The van der Waals surface area contributed by atoms with Gasteiger partial charge in [0.25, 0.3) is 0 Å². The summed E-state index contributed by atoms with van der Waals surface area (Å²) in [5.41, 5.74) is 1.19. The second-order valence-electron chi connectivity index (χ2n) is 7.46. The predicted octanol–water partition coefficient (Wildman–Crippen LogP) is 3.20. The van der Waals surface area contributed by atoms with Crippen molar-refractivity contribution >= 4 is 17.6 Å². The van der Waals surface area contributed by atoms with E-state index in [0.29, 0.717) is 11.6 Å². The molecular weight excluding hydrogens is 321 g/mol. The van der Waals surface area contributed by atoms with E-state index < -0.39 is 5.82 Å². The molecule has 3 N–H and O–H groups in total. The van der Waals surface area contributed by atoms with Gasteiger partial charge in [-0.25, -0.2) is 9.18 Å². The normalized spacial score (nSPS) is 25.5. The van der Waals surface area contributed by atoms with Crippen molar-refractivity contribution in [1.29, 1.82) is 0 Å². The first kappa shape index (κ1) is 17.7. The van der Waals surface area contributed by atoms with Gasteiger partial charge >= 0.3 is 6.03 Å². The van der Waals surface area contributed by atoms with Gasteiger partial charge in [-0.3, -0.25) is 4.79 Å². The second-order valence-corrected chi connectivity index (χ2v) is 7.46. The highest BCUT2D eigenvalue weighted by Gasteiger charge is 2.42. The first-order valence-corrected chi connectivity index (χ1v) is 9.02. The summed E-state index contributed by atoms with van der Waals surface area (Å²) < 4.78 is 13.2. The van der Waals surface area contributed by atoms with E-state index in [-0.39, 0.29) is 24.5 Å². The van der Waals surface area contributed by atoms with Crippen molar-refractivity contribution < 1.29 is 14.0 Å². The molecule has 1 aromatic carbocycles. The fourth-order valence-electron chi connectivity index (χ4n) is 4.35. The van der Waals surface area contributed by atoms with Gasteiger partial charge in [0.15, 0.2) is 0 Å². The van der Waals surface area contributed by atoms with E-state index in [1.807, 2.05) is 6.92 Å². The molecule has 0 saturated heterocycles. The SMILES string of the molecule is Cc1ccc(F)cc1NC(=O)CNC(=O)N[C@H](C)[C@@H]1C[C@H]2CC[C@H]1C2. The van der Waals surface area contributed by atoms with Crippen molar-refractivity contribution in [2.75, 3.05) is 11.9 Å². The van der Waals surface area contributed by atoms with Crippen molar-refractivity contribution in [2.45, 2.75) is 45.6 Å². The lowest BCUT2D eigenvalue weighted by Gasteiger charge is -2.28. The van der Waals surface area contributed by atoms with Crippen LogP contribution in [0.25, 0.3) is 0 Å². The van der Waals surface area contributed by atoms with Gasteiger partial charge in [0.05, 0.1) is 6.54 Å². The summed E-state index contributed by atoms with van der Waals surface area (Å²) in [5, 5.41) is 8.15. The molecule has 2 aliphatic rings. The van der Waals surface area contributed by atoms with Gasteiger partial charge in [0.1, 0.15) is 5.82 Å². The molecule has 3 rings (SSSR count). The lowest BCUT2D eigenvalue weighted by atomic mass is 9.84. The minimum Gasteiger partial charge on any atom is -0.335 e. The molecule has 0 aliphatic heterocycles. The van der Waals surface area contributed by atoms with Crippen LogP contribution in [0.2, 0.25) is 0 Å². The Hall–Kier alpha value is -2.11. The predicted molar refractivity (Wildman–Crippen MR) is 94.7 cm³/mol. The number of aryl methyl sites for hydroxylation is 1. The summed E-state index contributed by atoms with van der Waals surface area (Å²) in [6, 6.07) is 3.99. The molecule has 0 heterocycles. The number of urea groups is 1. The summed E-state index contributed by atoms with van der Waals surface area (Å²) >= 11 is 0. The van der Waals surface area contributed by atoms with Crippen LogP contribution in [0.3, 0.4) is 0 Å². The minimum absolute atomic E-state index is 0.115. The van der Waals surface area contributed by atoms with E-state index in [1.165, 1.54) is 37.8 Å². The van der Waals surface area contributed by atoms with Crippen LogP contribution in [0, 0.1) is 30.5 Å². The van der Waals surface area contributed by atoms with Crippen molar-refractivity contribution in [1.82, 2.24) is 10.6 Å². The van der Waals surface area contributed by atoms with Crippen molar-refractivity contribution in [3.8, 4) is 0 Å². The van der Waals surface area contributed by atoms with Crippen molar-refractivity contribution in [3.05, 3.63) is 29.6 Å². The number of carbonyl (C=O) groups is 2. The fourth-order valence-corrected chi connectivity index (χ4v) is 4.35. The Balaban J connectivity index is 1.42.